The van der Waals surface area contributed by atoms with Crippen molar-refractivity contribution in [1.82, 2.24) is 4.57 Å². The van der Waals surface area contributed by atoms with Crippen LogP contribution in [0.15, 0.2) is 17.1 Å². The Hall–Kier alpha value is -0.920. The van der Waals surface area contributed by atoms with Crippen molar-refractivity contribution >= 4 is 28.6 Å². The number of aryl methyl sites for hydroxylation is 1. The Balaban J connectivity index is 2.87. The molecule has 0 amide bonds. The number of rotatable bonds is 4. The zero-order valence-electron chi connectivity index (χ0n) is 9.54. The molecule has 4 nitrogen and oxygen atoms in total. The van der Waals surface area contributed by atoms with Crippen molar-refractivity contribution in [2.24, 2.45) is 5.41 Å². The molecule has 17 heavy (non-hydrogen) atoms. The molecule has 0 bridgehead atoms. The van der Waals surface area contributed by atoms with Crippen LogP contribution in [0.2, 0.25) is 0 Å². The molecule has 0 atom stereocenters. The van der Waals surface area contributed by atoms with E-state index in [0.717, 1.165) is 6.20 Å². The molecule has 0 saturated carbocycles. The van der Waals surface area contributed by atoms with Crippen LogP contribution in [0, 0.1) is 14.8 Å². The fourth-order valence-corrected chi connectivity index (χ4v) is 1.61. The first-order valence-electron chi connectivity index (χ1n) is 5.03. The highest BCUT2D eigenvalue weighted by Gasteiger charge is 2.26. The summed E-state index contributed by atoms with van der Waals surface area (Å²) in [6.45, 7) is 3.33. The number of nitrogens with zero attached hydrogens (tertiary/aromatic N) is 1. The van der Waals surface area contributed by atoms with E-state index in [4.69, 9.17) is 5.11 Å². The second-order valence-corrected chi connectivity index (χ2v) is 5.60. The Morgan fingerprint density at radius 3 is 2.71 bits per heavy atom. The lowest BCUT2D eigenvalue weighted by Crippen LogP contribution is -2.28. The summed E-state index contributed by atoms with van der Waals surface area (Å²) in [5, 5.41) is 8.92. The van der Waals surface area contributed by atoms with Gasteiger partial charge in [0.05, 0.1) is 8.99 Å². The van der Waals surface area contributed by atoms with Crippen molar-refractivity contribution in [3.63, 3.8) is 0 Å². The molecule has 1 N–H and O–H groups in total. The first-order valence-corrected chi connectivity index (χ1v) is 6.11. The Labute approximate surface area is 112 Å². The van der Waals surface area contributed by atoms with Crippen molar-refractivity contribution in [3.05, 3.63) is 32.0 Å². The van der Waals surface area contributed by atoms with Crippen LogP contribution in [-0.2, 0) is 11.3 Å². The van der Waals surface area contributed by atoms with Gasteiger partial charge < -0.3 is 9.67 Å². The standard InChI is InChI=1S/C11H13FINO3/c1-11(2,10(16)17)3-4-14-6-7(12)8(13)5-9(14)15/h5-6H,3-4H2,1-2H3,(H,16,17). The quantitative estimate of drug-likeness (QED) is 0.844. The maximum atomic E-state index is 13.3. The van der Waals surface area contributed by atoms with Gasteiger partial charge in [0, 0.05) is 18.8 Å². The third-order valence-electron chi connectivity index (χ3n) is 2.59. The lowest BCUT2D eigenvalue weighted by Gasteiger charge is -2.19. The zero-order chi connectivity index (χ0) is 13.2. The van der Waals surface area contributed by atoms with Crippen LogP contribution in [0.4, 0.5) is 4.39 Å². The minimum atomic E-state index is -0.934. The number of carbonyl (C=O) groups is 1. The predicted octanol–water partition coefficient (Wildman–Crippen LogP) is 2.09. The Kier molecular flexibility index (Phi) is 4.29. The average Bonchev–Trinajstić information content (AvgIpc) is 2.21. The normalized spacial score (nSPS) is 11.5. The molecular formula is C11H13FINO3. The van der Waals surface area contributed by atoms with E-state index in [0.29, 0.717) is 0 Å². The van der Waals surface area contributed by atoms with Gasteiger partial charge in [0.2, 0.25) is 0 Å². The van der Waals surface area contributed by atoms with E-state index in [9.17, 15) is 14.0 Å². The van der Waals surface area contributed by atoms with Crippen LogP contribution >= 0.6 is 22.6 Å². The van der Waals surface area contributed by atoms with Crippen LogP contribution < -0.4 is 5.56 Å². The van der Waals surface area contributed by atoms with E-state index >= 15 is 0 Å². The van der Waals surface area contributed by atoms with Crippen molar-refractivity contribution in [3.8, 4) is 0 Å². The highest BCUT2D eigenvalue weighted by molar-refractivity contribution is 14.1. The molecule has 1 heterocycles. The number of halogens is 2. The largest absolute Gasteiger partial charge is 0.481 e. The summed E-state index contributed by atoms with van der Waals surface area (Å²) < 4.78 is 14.7. The first-order chi connectivity index (χ1) is 7.74. The van der Waals surface area contributed by atoms with Crippen LogP contribution in [0.5, 0.6) is 0 Å². The van der Waals surface area contributed by atoms with Gasteiger partial charge in [-0.3, -0.25) is 9.59 Å². The van der Waals surface area contributed by atoms with Crippen molar-refractivity contribution in [2.75, 3.05) is 0 Å². The van der Waals surface area contributed by atoms with Gasteiger partial charge in [-0.15, -0.1) is 0 Å². The molecule has 1 aromatic heterocycles. The molecule has 0 aliphatic rings. The second-order valence-electron chi connectivity index (χ2n) is 4.44. The zero-order valence-corrected chi connectivity index (χ0v) is 11.7. The molecule has 0 aliphatic carbocycles. The third kappa shape index (κ3) is 3.52. The fourth-order valence-electron chi connectivity index (χ4n) is 1.20. The summed E-state index contributed by atoms with van der Waals surface area (Å²) in [5.74, 6) is -1.41. The number of hydrogen-bond donors (Lipinski definition) is 1. The van der Waals surface area contributed by atoms with Gasteiger partial charge in [0.1, 0.15) is 0 Å². The summed E-state index contributed by atoms with van der Waals surface area (Å²) in [4.78, 5) is 22.4. The van der Waals surface area contributed by atoms with Crippen LogP contribution in [0.3, 0.4) is 0 Å². The van der Waals surface area contributed by atoms with E-state index in [-0.39, 0.29) is 22.1 Å². The molecule has 1 rings (SSSR count). The molecule has 0 fully saturated rings. The Morgan fingerprint density at radius 2 is 2.18 bits per heavy atom. The molecule has 0 saturated heterocycles. The van der Waals surface area contributed by atoms with Crippen LogP contribution in [0.1, 0.15) is 20.3 Å². The smallest absolute Gasteiger partial charge is 0.309 e. The maximum absolute atomic E-state index is 13.3. The van der Waals surface area contributed by atoms with Gasteiger partial charge in [-0.2, -0.15) is 0 Å². The molecule has 0 unspecified atom stereocenters. The molecular weight excluding hydrogens is 340 g/mol. The topological polar surface area (TPSA) is 59.3 Å². The second kappa shape index (κ2) is 5.16. The van der Waals surface area contributed by atoms with Crippen molar-refractivity contribution < 1.29 is 14.3 Å². The summed E-state index contributed by atoms with van der Waals surface area (Å²) in [6, 6.07) is 1.20. The minimum absolute atomic E-state index is 0.186. The van der Waals surface area contributed by atoms with Gasteiger partial charge >= 0.3 is 5.97 Å². The Bertz CT molecular complexity index is 496. The van der Waals surface area contributed by atoms with Gasteiger partial charge in [-0.1, -0.05) is 0 Å². The number of aromatic nitrogens is 1. The van der Waals surface area contributed by atoms with Gasteiger partial charge in [-0.05, 0) is 42.9 Å². The van der Waals surface area contributed by atoms with E-state index in [2.05, 4.69) is 0 Å². The van der Waals surface area contributed by atoms with Crippen molar-refractivity contribution in [1.29, 1.82) is 0 Å². The number of pyridine rings is 1. The first kappa shape index (κ1) is 14.1. The molecule has 0 aromatic carbocycles. The van der Waals surface area contributed by atoms with Crippen molar-refractivity contribution in [2.45, 2.75) is 26.8 Å². The SMILES string of the molecule is CC(C)(CCn1cc(F)c(I)cc1=O)C(=O)O. The number of aliphatic carboxylic acids is 1. The van der Waals surface area contributed by atoms with Gasteiger partial charge in [-0.25, -0.2) is 4.39 Å². The summed E-state index contributed by atoms with van der Waals surface area (Å²) in [6.07, 6.45) is 1.38. The lowest BCUT2D eigenvalue weighted by atomic mass is 9.89. The molecule has 0 radical (unpaired) electrons. The van der Waals surface area contributed by atoms with E-state index in [1.165, 1.54) is 10.6 Å². The summed E-state index contributed by atoms with van der Waals surface area (Å²) in [7, 11) is 0. The third-order valence-corrected chi connectivity index (χ3v) is 3.41. The number of hydrogen-bond acceptors (Lipinski definition) is 2. The number of carboxylic acids is 1. The highest BCUT2D eigenvalue weighted by atomic mass is 127. The molecule has 0 aliphatic heterocycles. The molecule has 1 aromatic rings. The van der Waals surface area contributed by atoms with E-state index in [1.54, 1.807) is 36.4 Å². The van der Waals surface area contributed by atoms with Gasteiger partial charge in [0.25, 0.3) is 5.56 Å². The molecule has 94 valence electrons. The Morgan fingerprint density at radius 1 is 1.59 bits per heavy atom. The fraction of sp³-hybridized carbons (Fsp3) is 0.455. The van der Waals surface area contributed by atoms with Gasteiger partial charge in [0.15, 0.2) is 5.82 Å². The van der Waals surface area contributed by atoms with E-state index in [1.807, 2.05) is 0 Å². The minimum Gasteiger partial charge on any atom is -0.481 e. The molecule has 6 heteroatoms. The van der Waals surface area contributed by atoms with E-state index < -0.39 is 17.2 Å². The summed E-state index contributed by atoms with van der Waals surface area (Å²) in [5.41, 5.74) is -1.25. The van der Waals surface area contributed by atoms with Crippen LogP contribution in [-0.4, -0.2) is 15.6 Å². The lowest BCUT2D eigenvalue weighted by molar-refractivity contribution is -0.147. The average molecular weight is 353 g/mol. The predicted molar refractivity (Wildman–Crippen MR) is 69.4 cm³/mol. The maximum Gasteiger partial charge on any atom is 0.309 e. The van der Waals surface area contributed by atoms with Crippen LogP contribution in [0.25, 0.3) is 0 Å². The highest BCUT2D eigenvalue weighted by Crippen LogP contribution is 2.21. The monoisotopic (exact) mass is 353 g/mol. The number of carboxylic acid groups (broad SMARTS) is 1. The summed E-state index contributed by atoms with van der Waals surface area (Å²) >= 11 is 1.74. The molecule has 0 spiro atoms.